The smallest absolute Gasteiger partial charge is 0.228 e. The van der Waals surface area contributed by atoms with Crippen molar-refractivity contribution < 1.29 is 13.6 Å². The number of hydrogen-bond acceptors (Lipinski definition) is 2. The molecule has 0 saturated carbocycles. The molecule has 1 aromatic heterocycles. The van der Waals surface area contributed by atoms with E-state index >= 15 is 0 Å². The average Bonchev–Trinajstić information content (AvgIpc) is 2.89. The SMILES string of the molecule is CCc1ccc(C(=O)c2cc3cc(F)ccc3o2)cc1. The first-order chi connectivity index (χ1) is 9.67. The number of carbonyl (C=O) groups excluding carboxylic acids is 1. The molecule has 0 aliphatic carbocycles. The summed E-state index contributed by atoms with van der Waals surface area (Å²) in [5.41, 5.74) is 2.26. The molecule has 0 bridgehead atoms. The summed E-state index contributed by atoms with van der Waals surface area (Å²) in [6.07, 6.45) is 0.929. The second-order valence-corrected chi connectivity index (χ2v) is 4.67. The second kappa shape index (κ2) is 4.93. The predicted octanol–water partition coefficient (Wildman–Crippen LogP) is 4.37. The van der Waals surface area contributed by atoms with Gasteiger partial charge in [-0.25, -0.2) is 4.39 Å². The fourth-order valence-electron chi connectivity index (χ4n) is 2.16. The van der Waals surface area contributed by atoms with E-state index in [1.165, 1.54) is 23.8 Å². The fourth-order valence-corrected chi connectivity index (χ4v) is 2.16. The van der Waals surface area contributed by atoms with Gasteiger partial charge in [0.15, 0.2) is 5.76 Å². The molecule has 20 heavy (non-hydrogen) atoms. The van der Waals surface area contributed by atoms with Crippen LogP contribution in [0.4, 0.5) is 4.39 Å². The van der Waals surface area contributed by atoms with Crippen LogP contribution < -0.4 is 0 Å². The lowest BCUT2D eigenvalue weighted by molar-refractivity contribution is 0.101. The lowest BCUT2D eigenvalue weighted by Crippen LogP contribution is -1.99. The maximum absolute atomic E-state index is 13.1. The zero-order valence-electron chi connectivity index (χ0n) is 11.0. The molecule has 0 unspecified atom stereocenters. The van der Waals surface area contributed by atoms with Gasteiger partial charge in [0.1, 0.15) is 11.4 Å². The molecule has 0 N–H and O–H groups in total. The van der Waals surface area contributed by atoms with Gasteiger partial charge in [-0.15, -0.1) is 0 Å². The van der Waals surface area contributed by atoms with Crippen molar-refractivity contribution in [2.24, 2.45) is 0 Å². The number of fused-ring (bicyclic) bond motifs is 1. The number of halogens is 1. The van der Waals surface area contributed by atoms with Crippen LogP contribution in [0.1, 0.15) is 28.6 Å². The predicted molar refractivity (Wildman–Crippen MR) is 75.4 cm³/mol. The van der Waals surface area contributed by atoms with Crippen molar-refractivity contribution in [2.75, 3.05) is 0 Å². The largest absolute Gasteiger partial charge is 0.453 e. The van der Waals surface area contributed by atoms with Crippen molar-refractivity contribution in [2.45, 2.75) is 13.3 Å². The summed E-state index contributed by atoms with van der Waals surface area (Å²) >= 11 is 0. The van der Waals surface area contributed by atoms with Crippen molar-refractivity contribution in [1.82, 2.24) is 0 Å². The first-order valence-corrected chi connectivity index (χ1v) is 6.50. The normalized spacial score (nSPS) is 10.9. The highest BCUT2D eigenvalue weighted by Gasteiger charge is 2.14. The van der Waals surface area contributed by atoms with Crippen LogP contribution in [0.3, 0.4) is 0 Å². The van der Waals surface area contributed by atoms with Gasteiger partial charge in [0.25, 0.3) is 0 Å². The van der Waals surface area contributed by atoms with Crippen LogP contribution in [0.25, 0.3) is 11.0 Å². The number of ketones is 1. The van der Waals surface area contributed by atoms with Crippen molar-refractivity contribution in [3.63, 3.8) is 0 Å². The minimum absolute atomic E-state index is 0.190. The average molecular weight is 268 g/mol. The molecule has 3 aromatic rings. The summed E-state index contributed by atoms with van der Waals surface area (Å²) in [5, 5.41) is 0.596. The van der Waals surface area contributed by atoms with Crippen molar-refractivity contribution in [3.8, 4) is 0 Å². The lowest BCUT2D eigenvalue weighted by Gasteiger charge is -1.99. The number of carbonyl (C=O) groups is 1. The number of benzene rings is 2. The molecule has 0 aliphatic rings. The van der Waals surface area contributed by atoms with Gasteiger partial charge in [-0.3, -0.25) is 4.79 Å². The molecule has 0 saturated heterocycles. The first-order valence-electron chi connectivity index (χ1n) is 6.50. The molecule has 0 radical (unpaired) electrons. The van der Waals surface area contributed by atoms with Gasteiger partial charge in [0.2, 0.25) is 5.78 Å². The third-order valence-corrected chi connectivity index (χ3v) is 3.33. The van der Waals surface area contributed by atoms with Crippen LogP contribution in [-0.2, 0) is 6.42 Å². The standard InChI is InChI=1S/C17H13FO2/c1-2-11-3-5-12(6-4-11)17(19)16-10-13-9-14(18)7-8-15(13)20-16/h3-10H,2H2,1H3. The Hall–Kier alpha value is -2.42. The molecule has 0 spiro atoms. The Bertz CT molecular complexity index is 769. The van der Waals surface area contributed by atoms with E-state index in [1.807, 2.05) is 12.1 Å². The Morgan fingerprint density at radius 3 is 2.55 bits per heavy atom. The number of rotatable bonds is 3. The van der Waals surface area contributed by atoms with Crippen molar-refractivity contribution >= 4 is 16.8 Å². The third kappa shape index (κ3) is 2.23. The Kier molecular flexibility index (Phi) is 3.11. The lowest BCUT2D eigenvalue weighted by atomic mass is 10.1. The van der Waals surface area contributed by atoms with Crippen LogP contribution in [0.5, 0.6) is 0 Å². The van der Waals surface area contributed by atoms with Gasteiger partial charge < -0.3 is 4.42 Å². The molecule has 2 aromatic carbocycles. The van der Waals surface area contributed by atoms with Crippen LogP contribution in [0, 0.1) is 5.82 Å². The van der Waals surface area contributed by atoms with Crippen molar-refractivity contribution in [1.29, 1.82) is 0 Å². The highest BCUT2D eigenvalue weighted by atomic mass is 19.1. The molecule has 0 atom stereocenters. The summed E-state index contributed by atoms with van der Waals surface area (Å²) in [6.45, 7) is 2.06. The summed E-state index contributed by atoms with van der Waals surface area (Å²) < 4.78 is 18.6. The molecule has 3 heteroatoms. The fraction of sp³-hybridized carbons (Fsp3) is 0.118. The van der Waals surface area contributed by atoms with E-state index in [2.05, 4.69) is 6.92 Å². The van der Waals surface area contributed by atoms with Crippen LogP contribution in [0.15, 0.2) is 52.9 Å². The van der Waals surface area contributed by atoms with Gasteiger partial charge in [-0.2, -0.15) is 0 Å². The topological polar surface area (TPSA) is 30.2 Å². The third-order valence-electron chi connectivity index (χ3n) is 3.33. The molecule has 1 heterocycles. The van der Waals surface area contributed by atoms with E-state index in [0.717, 1.165) is 6.42 Å². The van der Waals surface area contributed by atoms with Gasteiger partial charge in [0, 0.05) is 10.9 Å². The Morgan fingerprint density at radius 1 is 1.10 bits per heavy atom. The first kappa shape index (κ1) is 12.6. The Labute approximate surface area is 115 Å². The van der Waals surface area contributed by atoms with E-state index < -0.39 is 0 Å². The minimum Gasteiger partial charge on any atom is -0.453 e. The van der Waals surface area contributed by atoms with Gasteiger partial charge in [0.05, 0.1) is 0 Å². The van der Waals surface area contributed by atoms with E-state index in [0.29, 0.717) is 16.5 Å². The highest BCUT2D eigenvalue weighted by Crippen LogP contribution is 2.22. The Morgan fingerprint density at radius 2 is 1.85 bits per heavy atom. The number of aryl methyl sites for hydroxylation is 1. The maximum atomic E-state index is 13.1. The molecule has 2 nitrogen and oxygen atoms in total. The Balaban J connectivity index is 1.98. The van der Waals surface area contributed by atoms with Crippen LogP contribution >= 0.6 is 0 Å². The minimum atomic E-state index is -0.343. The molecule has 3 rings (SSSR count). The monoisotopic (exact) mass is 268 g/mol. The number of hydrogen-bond donors (Lipinski definition) is 0. The van der Waals surface area contributed by atoms with E-state index in [4.69, 9.17) is 4.42 Å². The summed E-state index contributed by atoms with van der Waals surface area (Å²) in [5.74, 6) is -0.302. The molecular formula is C17H13FO2. The zero-order chi connectivity index (χ0) is 14.1. The molecule has 0 amide bonds. The maximum Gasteiger partial charge on any atom is 0.228 e. The van der Waals surface area contributed by atoms with Gasteiger partial charge >= 0.3 is 0 Å². The second-order valence-electron chi connectivity index (χ2n) is 4.67. The molecular weight excluding hydrogens is 255 g/mol. The van der Waals surface area contributed by atoms with Gasteiger partial charge in [-0.1, -0.05) is 31.2 Å². The van der Waals surface area contributed by atoms with Gasteiger partial charge in [-0.05, 0) is 36.2 Å². The summed E-state index contributed by atoms with van der Waals surface area (Å²) in [7, 11) is 0. The molecule has 0 fully saturated rings. The van der Waals surface area contributed by atoms with Crippen LogP contribution in [0.2, 0.25) is 0 Å². The van der Waals surface area contributed by atoms with E-state index in [1.54, 1.807) is 18.2 Å². The number of furan rings is 1. The summed E-state index contributed by atoms with van der Waals surface area (Å²) in [4.78, 5) is 12.3. The zero-order valence-corrected chi connectivity index (χ0v) is 11.0. The van der Waals surface area contributed by atoms with Crippen LogP contribution in [-0.4, -0.2) is 5.78 Å². The molecule has 0 aliphatic heterocycles. The van der Waals surface area contributed by atoms with Crippen molar-refractivity contribution in [3.05, 3.63) is 71.2 Å². The highest BCUT2D eigenvalue weighted by molar-refractivity contribution is 6.08. The quantitative estimate of drug-likeness (QED) is 0.660. The summed E-state index contributed by atoms with van der Waals surface area (Å²) in [6, 6.07) is 13.2. The van der Waals surface area contributed by atoms with E-state index in [9.17, 15) is 9.18 Å². The molecule has 100 valence electrons. The van der Waals surface area contributed by atoms with E-state index in [-0.39, 0.29) is 17.4 Å².